The molecule has 0 radical (unpaired) electrons. The van der Waals surface area contributed by atoms with Gasteiger partial charge in [-0.25, -0.2) is 9.37 Å². The minimum absolute atomic E-state index is 0.0572. The van der Waals surface area contributed by atoms with E-state index in [2.05, 4.69) is 10.3 Å². The van der Waals surface area contributed by atoms with Crippen molar-refractivity contribution in [1.82, 2.24) is 4.98 Å². The van der Waals surface area contributed by atoms with Crippen molar-refractivity contribution < 1.29 is 13.9 Å². The van der Waals surface area contributed by atoms with Crippen LogP contribution in [0.5, 0.6) is 5.75 Å². The molecule has 0 fully saturated rings. The molecule has 1 N–H and O–H groups in total. The van der Waals surface area contributed by atoms with Gasteiger partial charge >= 0.3 is 0 Å². The standard InChI is InChI=1S/C19H16ClFN2O2S/c1-10-9-12(7-8-15(10)25-3)17-11(2)26-19(22-17)23-18(24)16-13(20)5-4-6-14(16)21/h4-9H,1-3H3,(H,22,23,24). The predicted octanol–water partition coefficient (Wildman–Crippen LogP) is 5.48. The number of nitrogens with zero attached hydrogens (tertiary/aromatic N) is 1. The Balaban J connectivity index is 1.89. The van der Waals surface area contributed by atoms with Gasteiger partial charge in [-0.2, -0.15) is 0 Å². The largest absolute Gasteiger partial charge is 0.496 e. The first-order valence-corrected chi connectivity index (χ1v) is 8.98. The molecule has 0 atom stereocenters. The van der Waals surface area contributed by atoms with E-state index in [1.54, 1.807) is 7.11 Å². The Morgan fingerprint density at radius 2 is 2.04 bits per heavy atom. The van der Waals surface area contributed by atoms with Crippen LogP contribution in [0.3, 0.4) is 0 Å². The summed E-state index contributed by atoms with van der Waals surface area (Å²) in [5.74, 6) is -0.502. The van der Waals surface area contributed by atoms with Crippen molar-refractivity contribution >= 4 is 34.0 Å². The van der Waals surface area contributed by atoms with Gasteiger partial charge in [0, 0.05) is 10.4 Å². The number of aromatic nitrogens is 1. The first kappa shape index (κ1) is 18.4. The Bertz CT molecular complexity index is 967. The van der Waals surface area contributed by atoms with Gasteiger partial charge in [-0.1, -0.05) is 17.7 Å². The van der Waals surface area contributed by atoms with E-state index in [-0.39, 0.29) is 10.6 Å². The molecule has 0 aliphatic carbocycles. The smallest absolute Gasteiger partial charge is 0.261 e. The van der Waals surface area contributed by atoms with Crippen LogP contribution in [-0.2, 0) is 0 Å². The van der Waals surface area contributed by atoms with E-state index in [1.807, 2.05) is 32.0 Å². The molecule has 0 spiro atoms. The molecule has 0 unspecified atom stereocenters. The van der Waals surface area contributed by atoms with E-state index in [0.717, 1.165) is 27.4 Å². The highest BCUT2D eigenvalue weighted by Crippen LogP contribution is 2.33. The van der Waals surface area contributed by atoms with Gasteiger partial charge in [0.25, 0.3) is 5.91 Å². The minimum atomic E-state index is -0.672. The van der Waals surface area contributed by atoms with Crippen molar-refractivity contribution in [3.63, 3.8) is 0 Å². The zero-order valence-electron chi connectivity index (χ0n) is 14.4. The molecular weight excluding hydrogens is 375 g/mol. The number of rotatable bonds is 4. The molecule has 7 heteroatoms. The normalized spacial score (nSPS) is 10.7. The maximum absolute atomic E-state index is 13.9. The van der Waals surface area contributed by atoms with Crippen LogP contribution < -0.4 is 10.1 Å². The van der Waals surface area contributed by atoms with Crippen LogP contribution in [0, 0.1) is 19.7 Å². The summed E-state index contributed by atoms with van der Waals surface area (Å²) in [6, 6.07) is 9.87. The molecule has 0 bridgehead atoms. The molecule has 0 aliphatic rings. The van der Waals surface area contributed by atoms with Crippen LogP contribution in [0.4, 0.5) is 9.52 Å². The first-order valence-electron chi connectivity index (χ1n) is 7.78. The number of benzene rings is 2. The molecule has 4 nitrogen and oxygen atoms in total. The van der Waals surface area contributed by atoms with E-state index in [0.29, 0.717) is 5.13 Å². The molecule has 0 saturated carbocycles. The summed E-state index contributed by atoms with van der Waals surface area (Å²) in [5.41, 5.74) is 2.47. The Hall–Kier alpha value is -2.44. The van der Waals surface area contributed by atoms with E-state index >= 15 is 0 Å². The number of halogens is 2. The van der Waals surface area contributed by atoms with Crippen LogP contribution in [0.1, 0.15) is 20.8 Å². The molecule has 3 rings (SSSR count). The lowest BCUT2D eigenvalue weighted by Crippen LogP contribution is -2.14. The highest BCUT2D eigenvalue weighted by atomic mass is 35.5. The van der Waals surface area contributed by atoms with Gasteiger partial charge in [-0.05, 0) is 49.7 Å². The highest BCUT2D eigenvalue weighted by molar-refractivity contribution is 7.16. The fourth-order valence-electron chi connectivity index (χ4n) is 2.62. The van der Waals surface area contributed by atoms with Crippen molar-refractivity contribution in [2.45, 2.75) is 13.8 Å². The summed E-state index contributed by atoms with van der Waals surface area (Å²) >= 11 is 7.26. The lowest BCUT2D eigenvalue weighted by molar-refractivity contribution is 0.102. The Morgan fingerprint density at radius 1 is 1.27 bits per heavy atom. The number of methoxy groups -OCH3 is 1. The van der Waals surface area contributed by atoms with Crippen molar-refractivity contribution in [2.75, 3.05) is 12.4 Å². The first-order chi connectivity index (χ1) is 12.4. The van der Waals surface area contributed by atoms with Crippen molar-refractivity contribution in [2.24, 2.45) is 0 Å². The monoisotopic (exact) mass is 390 g/mol. The second-order valence-corrected chi connectivity index (χ2v) is 7.27. The van der Waals surface area contributed by atoms with E-state index in [9.17, 15) is 9.18 Å². The molecule has 2 aromatic carbocycles. The average molecular weight is 391 g/mol. The third-order valence-corrected chi connectivity index (χ3v) is 5.08. The molecule has 1 amide bonds. The summed E-state index contributed by atoms with van der Waals surface area (Å²) in [7, 11) is 1.62. The van der Waals surface area contributed by atoms with Crippen molar-refractivity contribution in [3.8, 4) is 17.0 Å². The molecule has 1 aromatic heterocycles. The number of aryl methyl sites for hydroxylation is 2. The molecule has 1 heterocycles. The van der Waals surface area contributed by atoms with Gasteiger partial charge in [-0.15, -0.1) is 11.3 Å². The van der Waals surface area contributed by atoms with Gasteiger partial charge in [-0.3, -0.25) is 10.1 Å². The number of amides is 1. The maximum atomic E-state index is 13.9. The quantitative estimate of drug-likeness (QED) is 0.641. The molecule has 134 valence electrons. The lowest BCUT2D eigenvalue weighted by Gasteiger charge is -2.06. The summed E-state index contributed by atoms with van der Waals surface area (Å²) in [6.07, 6.45) is 0. The number of hydrogen-bond donors (Lipinski definition) is 1. The molecule has 0 saturated heterocycles. The third kappa shape index (κ3) is 3.57. The number of nitrogens with one attached hydrogen (secondary N) is 1. The summed E-state index contributed by atoms with van der Waals surface area (Å²) in [6.45, 7) is 3.87. The lowest BCUT2D eigenvalue weighted by atomic mass is 10.1. The van der Waals surface area contributed by atoms with Crippen molar-refractivity contribution in [3.05, 3.63) is 63.2 Å². The number of hydrogen-bond acceptors (Lipinski definition) is 4. The van der Waals surface area contributed by atoms with Gasteiger partial charge in [0.15, 0.2) is 5.13 Å². The fraction of sp³-hybridized carbons (Fsp3) is 0.158. The zero-order chi connectivity index (χ0) is 18.8. The SMILES string of the molecule is COc1ccc(-c2nc(NC(=O)c3c(F)cccc3Cl)sc2C)cc1C. The highest BCUT2D eigenvalue weighted by Gasteiger charge is 2.18. The molecular formula is C19H16ClFN2O2S. The van der Waals surface area contributed by atoms with E-state index in [1.165, 1.54) is 29.5 Å². The number of carbonyl (C=O) groups is 1. The Labute approximate surface area is 159 Å². The van der Waals surface area contributed by atoms with Crippen LogP contribution in [-0.4, -0.2) is 18.0 Å². The van der Waals surface area contributed by atoms with Gasteiger partial charge < -0.3 is 4.74 Å². The second kappa shape index (κ2) is 7.43. The van der Waals surface area contributed by atoms with E-state index in [4.69, 9.17) is 16.3 Å². The van der Waals surface area contributed by atoms with Crippen LogP contribution in [0.25, 0.3) is 11.3 Å². The maximum Gasteiger partial charge on any atom is 0.261 e. The van der Waals surface area contributed by atoms with Gasteiger partial charge in [0.2, 0.25) is 0 Å². The van der Waals surface area contributed by atoms with Crippen molar-refractivity contribution in [1.29, 1.82) is 0 Å². The molecule has 26 heavy (non-hydrogen) atoms. The minimum Gasteiger partial charge on any atom is -0.496 e. The Kier molecular flexibility index (Phi) is 5.25. The van der Waals surface area contributed by atoms with E-state index < -0.39 is 11.7 Å². The third-order valence-electron chi connectivity index (χ3n) is 3.88. The summed E-state index contributed by atoms with van der Waals surface area (Å²) in [4.78, 5) is 17.8. The summed E-state index contributed by atoms with van der Waals surface area (Å²) in [5, 5.41) is 3.07. The zero-order valence-corrected chi connectivity index (χ0v) is 16.0. The van der Waals surface area contributed by atoms with Gasteiger partial charge in [0.1, 0.15) is 11.6 Å². The van der Waals surface area contributed by atoms with Crippen LogP contribution >= 0.6 is 22.9 Å². The number of thiazole rings is 1. The van der Waals surface area contributed by atoms with Crippen LogP contribution in [0.2, 0.25) is 5.02 Å². The topological polar surface area (TPSA) is 51.2 Å². The number of ether oxygens (including phenoxy) is 1. The summed E-state index contributed by atoms with van der Waals surface area (Å²) < 4.78 is 19.2. The number of anilines is 1. The fourth-order valence-corrected chi connectivity index (χ4v) is 3.70. The number of carbonyl (C=O) groups excluding carboxylic acids is 1. The molecule has 3 aromatic rings. The van der Waals surface area contributed by atoms with Gasteiger partial charge in [0.05, 0.1) is 23.4 Å². The average Bonchev–Trinajstić information content (AvgIpc) is 2.94. The van der Waals surface area contributed by atoms with Crippen LogP contribution in [0.15, 0.2) is 36.4 Å². The Morgan fingerprint density at radius 3 is 2.69 bits per heavy atom. The molecule has 0 aliphatic heterocycles. The predicted molar refractivity (Wildman–Crippen MR) is 103 cm³/mol. The second-order valence-electron chi connectivity index (χ2n) is 5.66.